The van der Waals surface area contributed by atoms with E-state index in [4.69, 9.17) is 11.8 Å². The van der Waals surface area contributed by atoms with Gasteiger partial charge < -0.3 is 0 Å². The van der Waals surface area contributed by atoms with Crippen LogP contribution in [-0.2, 0) is 0 Å². The fourth-order valence-electron chi connectivity index (χ4n) is 2.89. The number of fused-ring (bicyclic) bond motifs is 1. The predicted molar refractivity (Wildman–Crippen MR) is 85.4 cm³/mol. The van der Waals surface area contributed by atoms with E-state index in [0.29, 0.717) is 30.6 Å². The van der Waals surface area contributed by atoms with Crippen LogP contribution >= 0.6 is 11.8 Å². The van der Waals surface area contributed by atoms with Crippen LogP contribution in [0.2, 0.25) is 0 Å². The number of carbonyl (C=O) groups is 2. The van der Waals surface area contributed by atoms with E-state index in [-0.39, 0.29) is 11.8 Å². The second kappa shape index (κ2) is 5.97. The van der Waals surface area contributed by atoms with Gasteiger partial charge in [-0.3, -0.25) is 18.9 Å². The van der Waals surface area contributed by atoms with E-state index in [1.54, 1.807) is 28.7 Å². The van der Waals surface area contributed by atoms with E-state index >= 15 is 0 Å². The summed E-state index contributed by atoms with van der Waals surface area (Å²) in [6.07, 6.45) is 5.51. The molecule has 0 fully saturated rings. The molecule has 22 heavy (non-hydrogen) atoms. The zero-order valence-corrected chi connectivity index (χ0v) is 13.1. The Morgan fingerprint density at radius 3 is 2.36 bits per heavy atom. The molecule has 0 saturated heterocycles. The SMILES string of the molecule is CC1=C(CCCN2C(=O)c3ccccc3C2=O)N(Cl)CC=C1. The molecule has 0 atom stereocenters. The Morgan fingerprint density at radius 1 is 1.14 bits per heavy atom. The Balaban J connectivity index is 1.65. The lowest BCUT2D eigenvalue weighted by atomic mass is 10.1. The molecule has 0 unspecified atom stereocenters. The molecule has 1 aromatic carbocycles. The van der Waals surface area contributed by atoms with E-state index in [0.717, 1.165) is 17.7 Å². The summed E-state index contributed by atoms with van der Waals surface area (Å²) in [5.41, 5.74) is 3.19. The minimum absolute atomic E-state index is 0.197. The summed E-state index contributed by atoms with van der Waals surface area (Å²) in [4.78, 5) is 25.9. The van der Waals surface area contributed by atoms with Gasteiger partial charge in [0.05, 0.1) is 17.7 Å². The molecule has 2 amide bonds. The number of benzene rings is 1. The Labute approximate surface area is 134 Å². The molecule has 2 aliphatic rings. The topological polar surface area (TPSA) is 40.6 Å². The van der Waals surface area contributed by atoms with Crippen LogP contribution in [0, 0.1) is 0 Å². The lowest BCUT2D eigenvalue weighted by Gasteiger charge is -2.24. The second-order valence-corrected chi connectivity index (χ2v) is 5.90. The summed E-state index contributed by atoms with van der Waals surface area (Å²) in [6, 6.07) is 6.96. The lowest BCUT2D eigenvalue weighted by Crippen LogP contribution is -2.31. The molecule has 0 aliphatic carbocycles. The van der Waals surface area contributed by atoms with Gasteiger partial charge in [0.1, 0.15) is 0 Å². The zero-order valence-electron chi connectivity index (χ0n) is 12.4. The van der Waals surface area contributed by atoms with Crippen molar-refractivity contribution >= 4 is 23.6 Å². The molecule has 0 aromatic heterocycles. The van der Waals surface area contributed by atoms with Crippen LogP contribution in [0.15, 0.2) is 47.7 Å². The average Bonchev–Trinajstić information content (AvgIpc) is 2.75. The van der Waals surface area contributed by atoms with Crippen molar-refractivity contribution in [2.75, 3.05) is 13.1 Å². The van der Waals surface area contributed by atoms with Crippen LogP contribution in [0.25, 0.3) is 0 Å². The number of imide groups is 1. The van der Waals surface area contributed by atoms with Gasteiger partial charge in [0, 0.05) is 24.0 Å². The molecule has 2 aliphatic heterocycles. The first-order valence-corrected chi connectivity index (χ1v) is 7.68. The first-order chi connectivity index (χ1) is 10.6. The summed E-state index contributed by atoms with van der Waals surface area (Å²) >= 11 is 6.18. The van der Waals surface area contributed by atoms with Crippen molar-refractivity contribution in [2.45, 2.75) is 19.8 Å². The molecular formula is C17H17ClN2O2. The van der Waals surface area contributed by atoms with E-state index in [1.165, 1.54) is 4.90 Å². The van der Waals surface area contributed by atoms with Crippen molar-refractivity contribution in [3.05, 3.63) is 58.8 Å². The third-order valence-corrected chi connectivity index (χ3v) is 4.40. The van der Waals surface area contributed by atoms with Gasteiger partial charge in [0.15, 0.2) is 0 Å². The monoisotopic (exact) mass is 316 g/mol. The molecule has 0 saturated carbocycles. The van der Waals surface area contributed by atoms with Crippen LogP contribution in [0.5, 0.6) is 0 Å². The first kappa shape index (κ1) is 14.9. The van der Waals surface area contributed by atoms with Crippen molar-refractivity contribution in [1.82, 2.24) is 9.32 Å². The zero-order chi connectivity index (χ0) is 15.7. The van der Waals surface area contributed by atoms with Gasteiger partial charge in [-0.2, -0.15) is 0 Å². The van der Waals surface area contributed by atoms with Crippen molar-refractivity contribution in [3.63, 3.8) is 0 Å². The number of nitrogens with zero attached hydrogens (tertiary/aromatic N) is 2. The normalized spacial score (nSPS) is 17.5. The molecule has 1 aromatic rings. The van der Waals surface area contributed by atoms with Gasteiger partial charge in [0.2, 0.25) is 0 Å². The Hall–Kier alpha value is -2.07. The minimum Gasteiger partial charge on any atom is -0.285 e. The van der Waals surface area contributed by atoms with Crippen molar-refractivity contribution in [2.24, 2.45) is 0 Å². The summed E-state index contributed by atoms with van der Waals surface area (Å²) in [6.45, 7) is 3.11. The van der Waals surface area contributed by atoms with Gasteiger partial charge in [0.25, 0.3) is 11.8 Å². The van der Waals surface area contributed by atoms with Gasteiger partial charge in [-0.25, -0.2) is 0 Å². The summed E-state index contributed by atoms with van der Waals surface area (Å²) in [5, 5.41) is 0. The Bertz CT molecular complexity index is 659. The maximum atomic E-state index is 12.3. The van der Waals surface area contributed by atoms with E-state index in [9.17, 15) is 9.59 Å². The molecule has 4 nitrogen and oxygen atoms in total. The first-order valence-electron chi connectivity index (χ1n) is 7.34. The number of allylic oxidation sites excluding steroid dienone is 3. The number of hydrogen-bond donors (Lipinski definition) is 0. The molecule has 3 rings (SSSR count). The number of hydrogen-bond acceptors (Lipinski definition) is 3. The van der Waals surface area contributed by atoms with Crippen molar-refractivity contribution < 1.29 is 9.59 Å². The maximum absolute atomic E-state index is 12.3. The highest BCUT2D eigenvalue weighted by Gasteiger charge is 2.34. The summed E-state index contributed by atoms with van der Waals surface area (Å²) < 4.78 is 1.69. The number of amides is 2. The maximum Gasteiger partial charge on any atom is 0.261 e. The van der Waals surface area contributed by atoms with E-state index in [2.05, 4.69) is 6.08 Å². The molecule has 2 heterocycles. The van der Waals surface area contributed by atoms with Gasteiger partial charge >= 0.3 is 0 Å². The fraction of sp³-hybridized carbons (Fsp3) is 0.294. The fourth-order valence-corrected chi connectivity index (χ4v) is 3.18. The predicted octanol–water partition coefficient (Wildman–Crippen LogP) is 3.36. The smallest absolute Gasteiger partial charge is 0.261 e. The number of rotatable bonds is 4. The van der Waals surface area contributed by atoms with Crippen LogP contribution in [-0.4, -0.2) is 34.2 Å². The van der Waals surface area contributed by atoms with Gasteiger partial charge in [-0.15, -0.1) is 0 Å². The molecule has 114 valence electrons. The Morgan fingerprint density at radius 2 is 1.77 bits per heavy atom. The van der Waals surface area contributed by atoms with Crippen molar-refractivity contribution in [3.8, 4) is 0 Å². The van der Waals surface area contributed by atoms with Crippen LogP contribution in [0.1, 0.15) is 40.5 Å². The van der Waals surface area contributed by atoms with E-state index < -0.39 is 0 Å². The number of carbonyl (C=O) groups excluding carboxylic acids is 2. The molecular weight excluding hydrogens is 300 g/mol. The molecule has 5 heteroatoms. The van der Waals surface area contributed by atoms with Crippen LogP contribution < -0.4 is 0 Å². The van der Waals surface area contributed by atoms with Gasteiger partial charge in [-0.1, -0.05) is 24.3 Å². The minimum atomic E-state index is -0.197. The van der Waals surface area contributed by atoms with Crippen molar-refractivity contribution in [1.29, 1.82) is 0 Å². The van der Waals surface area contributed by atoms with Gasteiger partial charge in [-0.05, 0) is 37.5 Å². The molecule has 0 bridgehead atoms. The van der Waals surface area contributed by atoms with Crippen LogP contribution in [0.3, 0.4) is 0 Å². The molecule has 0 radical (unpaired) electrons. The summed E-state index contributed by atoms with van der Waals surface area (Å²) in [7, 11) is 0. The molecule has 0 N–H and O–H groups in total. The van der Waals surface area contributed by atoms with E-state index in [1.807, 2.05) is 13.0 Å². The largest absolute Gasteiger partial charge is 0.285 e. The standard InChI is InChI=1S/C17H17ClN2O2/c1-12-6-4-11-20(18)15(12)9-5-10-19-16(21)13-7-2-3-8-14(13)17(19)22/h2-4,6-8H,5,9-11H2,1H3. The second-order valence-electron chi connectivity index (χ2n) is 5.49. The number of halogens is 1. The quantitative estimate of drug-likeness (QED) is 0.631. The molecule has 0 spiro atoms. The highest BCUT2D eigenvalue weighted by Crippen LogP contribution is 2.26. The summed E-state index contributed by atoms with van der Waals surface area (Å²) in [5.74, 6) is -0.393. The third-order valence-electron chi connectivity index (χ3n) is 4.06. The highest BCUT2D eigenvalue weighted by molar-refractivity contribution is 6.21. The van der Waals surface area contributed by atoms with Crippen LogP contribution in [0.4, 0.5) is 0 Å². The Kier molecular flexibility index (Phi) is 4.03. The lowest BCUT2D eigenvalue weighted by molar-refractivity contribution is 0.0652. The highest BCUT2D eigenvalue weighted by atomic mass is 35.5. The third kappa shape index (κ3) is 2.55. The average molecular weight is 317 g/mol.